The largest absolute Gasteiger partial charge is 0.411 e. The Balaban J connectivity index is 1.71. The van der Waals surface area contributed by atoms with Gasteiger partial charge in [0.1, 0.15) is 35.9 Å². The molecule has 3 heterocycles. The van der Waals surface area contributed by atoms with E-state index >= 15 is 0 Å². The van der Waals surface area contributed by atoms with Crippen molar-refractivity contribution in [2.45, 2.75) is 56.5 Å². The van der Waals surface area contributed by atoms with E-state index in [1.54, 1.807) is 30.1 Å². The van der Waals surface area contributed by atoms with Gasteiger partial charge in [-0.2, -0.15) is 0 Å². The monoisotopic (exact) mass is 420 g/mol. The van der Waals surface area contributed by atoms with Crippen LogP contribution < -0.4 is 0 Å². The van der Waals surface area contributed by atoms with Gasteiger partial charge in [-0.3, -0.25) is 0 Å². The minimum absolute atomic E-state index is 0.336. The molecule has 2 saturated heterocycles. The Hall–Kier alpha value is -2.40. The molecule has 10 heteroatoms. The summed E-state index contributed by atoms with van der Waals surface area (Å²) in [5.41, 5.74) is 1.16. The molecule has 0 amide bonds. The van der Waals surface area contributed by atoms with Gasteiger partial charge in [-0.1, -0.05) is 17.3 Å². The maximum atomic E-state index is 13.6. The van der Waals surface area contributed by atoms with Gasteiger partial charge in [-0.15, -0.1) is 10.3 Å². The second kappa shape index (κ2) is 8.38. The van der Waals surface area contributed by atoms with Crippen molar-refractivity contribution >= 4 is 6.21 Å². The summed E-state index contributed by atoms with van der Waals surface area (Å²) in [7, 11) is 1.58. The van der Waals surface area contributed by atoms with Crippen LogP contribution in [0.15, 0.2) is 35.6 Å². The van der Waals surface area contributed by atoms with Crippen molar-refractivity contribution in [1.29, 1.82) is 0 Å². The number of methoxy groups -OCH3 is 1. The van der Waals surface area contributed by atoms with Crippen LogP contribution in [0, 0.1) is 5.82 Å². The van der Waals surface area contributed by atoms with Gasteiger partial charge in [0, 0.05) is 25.3 Å². The highest BCUT2D eigenvalue weighted by atomic mass is 19.1. The van der Waals surface area contributed by atoms with Crippen molar-refractivity contribution in [3.8, 4) is 11.3 Å². The second-order valence-electron chi connectivity index (χ2n) is 7.83. The summed E-state index contributed by atoms with van der Waals surface area (Å²) in [5.74, 6) is -1.15. The number of oxime groups is 1. The topological polar surface area (TPSA) is 100 Å². The van der Waals surface area contributed by atoms with Gasteiger partial charge in [-0.05, 0) is 26.0 Å². The third-order valence-corrected chi connectivity index (χ3v) is 5.40. The number of halogens is 1. The van der Waals surface area contributed by atoms with Crippen LogP contribution in [0.1, 0.15) is 26.3 Å². The third-order valence-electron chi connectivity index (χ3n) is 5.40. The molecule has 162 valence electrons. The van der Waals surface area contributed by atoms with Gasteiger partial charge in [0.05, 0.1) is 18.9 Å². The van der Waals surface area contributed by atoms with E-state index in [9.17, 15) is 4.39 Å². The maximum absolute atomic E-state index is 13.6. The van der Waals surface area contributed by atoms with Crippen LogP contribution >= 0.6 is 0 Å². The molecule has 0 aliphatic carbocycles. The molecule has 5 atom stereocenters. The third kappa shape index (κ3) is 4.08. The van der Waals surface area contributed by atoms with Gasteiger partial charge < -0.3 is 24.2 Å². The molecule has 4 rings (SSSR count). The van der Waals surface area contributed by atoms with Crippen molar-refractivity contribution in [3.63, 3.8) is 0 Å². The quantitative estimate of drug-likeness (QED) is 0.450. The van der Waals surface area contributed by atoms with E-state index in [0.29, 0.717) is 24.3 Å². The van der Waals surface area contributed by atoms with Crippen molar-refractivity contribution in [2.75, 3.05) is 13.7 Å². The van der Waals surface area contributed by atoms with Crippen LogP contribution in [0.4, 0.5) is 4.39 Å². The van der Waals surface area contributed by atoms with E-state index in [-0.39, 0.29) is 18.0 Å². The summed E-state index contributed by atoms with van der Waals surface area (Å²) in [6.07, 6.45) is 1.80. The lowest BCUT2D eigenvalue weighted by atomic mass is 9.90. The lowest BCUT2D eigenvalue weighted by Crippen LogP contribution is -2.62. The average molecular weight is 420 g/mol. The van der Waals surface area contributed by atoms with E-state index in [4.69, 9.17) is 24.2 Å². The molecule has 1 N–H and O–H groups in total. The Morgan fingerprint density at radius 2 is 2.27 bits per heavy atom. The standard InChI is InChI=1S/C20H25FN4O5/c1-20(2)28-11-16-19(30-20)17(18(27-3)15(29-16)7-8-22-26)25-10-14(23-24-25)12-5-4-6-13(21)9-12/h4-6,8-10,15-19,26H,7,11H2,1-3H3/t15-,16-,17-,18+,19+/m1/s1. The number of hydrogen-bond acceptors (Lipinski definition) is 8. The lowest BCUT2D eigenvalue weighted by Gasteiger charge is -2.50. The number of hydrogen-bond donors (Lipinski definition) is 1. The molecule has 30 heavy (non-hydrogen) atoms. The first-order chi connectivity index (χ1) is 14.4. The molecule has 9 nitrogen and oxygen atoms in total. The highest BCUT2D eigenvalue weighted by molar-refractivity contribution is 5.58. The van der Waals surface area contributed by atoms with Gasteiger partial charge >= 0.3 is 0 Å². The first kappa shape index (κ1) is 20.9. The summed E-state index contributed by atoms with van der Waals surface area (Å²) in [6.45, 7) is 4.01. The Bertz CT molecular complexity index is 905. The Morgan fingerprint density at radius 1 is 1.43 bits per heavy atom. The van der Waals surface area contributed by atoms with Crippen molar-refractivity contribution in [1.82, 2.24) is 15.0 Å². The molecule has 2 fully saturated rings. The highest BCUT2D eigenvalue weighted by Gasteiger charge is 2.52. The smallest absolute Gasteiger partial charge is 0.163 e. The van der Waals surface area contributed by atoms with Gasteiger partial charge in [0.25, 0.3) is 0 Å². The molecular formula is C20H25FN4O5. The maximum Gasteiger partial charge on any atom is 0.163 e. The minimum atomic E-state index is -0.799. The number of ether oxygens (including phenoxy) is 4. The van der Waals surface area contributed by atoms with Gasteiger partial charge in [-0.25, -0.2) is 9.07 Å². The lowest BCUT2D eigenvalue weighted by molar-refractivity contribution is -0.349. The fourth-order valence-electron chi connectivity index (χ4n) is 4.07. The van der Waals surface area contributed by atoms with E-state index < -0.39 is 24.1 Å². The normalized spacial score (nSPS) is 31.0. The zero-order chi connectivity index (χ0) is 21.3. The van der Waals surface area contributed by atoms with Gasteiger partial charge in [0.15, 0.2) is 5.79 Å². The molecule has 0 bridgehead atoms. The summed E-state index contributed by atoms with van der Waals surface area (Å²) < 4.78 is 39.2. The van der Waals surface area contributed by atoms with Crippen LogP contribution in [0.25, 0.3) is 11.3 Å². The molecule has 2 aromatic rings. The van der Waals surface area contributed by atoms with E-state index in [1.807, 2.05) is 13.8 Å². The fraction of sp³-hybridized carbons (Fsp3) is 0.550. The van der Waals surface area contributed by atoms with Gasteiger partial charge in [0.2, 0.25) is 0 Å². The van der Waals surface area contributed by atoms with Crippen LogP contribution in [0.5, 0.6) is 0 Å². The molecule has 2 aliphatic rings. The minimum Gasteiger partial charge on any atom is -0.411 e. The predicted molar refractivity (Wildman–Crippen MR) is 104 cm³/mol. The first-order valence-electron chi connectivity index (χ1n) is 9.75. The first-order valence-corrected chi connectivity index (χ1v) is 9.75. The summed E-state index contributed by atoms with van der Waals surface area (Å²) in [5, 5.41) is 20.5. The van der Waals surface area contributed by atoms with Crippen molar-refractivity contribution in [3.05, 3.63) is 36.3 Å². The molecule has 0 radical (unpaired) electrons. The second-order valence-corrected chi connectivity index (χ2v) is 7.83. The van der Waals surface area contributed by atoms with Crippen LogP contribution in [-0.2, 0) is 18.9 Å². The van der Waals surface area contributed by atoms with E-state index in [0.717, 1.165) is 0 Å². The number of fused-ring (bicyclic) bond motifs is 1. The summed E-state index contributed by atoms with van der Waals surface area (Å²) >= 11 is 0. The zero-order valence-corrected chi connectivity index (χ0v) is 17.0. The van der Waals surface area contributed by atoms with Crippen LogP contribution in [0.3, 0.4) is 0 Å². The molecule has 1 aromatic carbocycles. The Kier molecular flexibility index (Phi) is 5.83. The SMILES string of the molecule is CO[C@@H]1[C@@H](n2cc(-c3cccc(F)c3)nn2)[C@H]2OC(C)(C)OC[C@H]2O[C@@H]1CC=NO. The number of nitrogens with zero attached hydrogens (tertiary/aromatic N) is 4. The Morgan fingerprint density at radius 3 is 3.00 bits per heavy atom. The Labute approximate surface area is 173 Å². The highest BCUT2D eigenvalue weighted by Crippen LogP contribution is 2.40. The molecule has 0 spiro atoms. The summed E-state index contributed by atoms with van der Waals surface area (Å²) in [4.78, 5) is 0. The molecule has 1 aromatic heterocycles. The summed E-state index contributed by atoms with van der Waals surface area (Å²) in [6, 6.07) is 5.80. The molecule has 0 saturated carbocycles. The van der Waals surface area contributed by atoms with Crippen molar-refractivity contribution < 1.29 is 28.5 Å². The number of aromatic nitrogens is 3. The molecule has 2 aliphatic heterocycles. The number of benzene rings is 1. The molecular weight excluding hydrogens is 395 g/mol. The zero-order valence-electron chi connectivity index (χ0n) is 17.0. The van der Waals surface area contributed by atoms with Crippen LogP contribution in [0.2, 0.25) is 0 Å². The van der Waals surface area contributed by atoms with E-state index in [2.05, 4.69) is 15.5 Å². The predicted octanol–water partition coefficient (Wildman–Crippen LogP) is 2.41. The molecule has 0 unspecified atom stereocenters. The fourth-order valence-corrected chi connectivity index (χ4v) is 4.07. The van der Waals surface area contributed by atoms with Crippen molar-refractivity contribution in [2.24, 2.45) is 5.16 Å². The van der Waals surface area contributed by atoms with Crippen LogP contribution in [-0.4, -0.2) is 70.3 Å². The van der Waals surface area contributed by atoms with E-state index in [1.165, 1.54) is 18.3 Å². The number of rotatable bonds is 5. The average Bonchev–Trinajstić information content (AvgIpc) is 3.20.